The van der Waals surface area contributed by atoms with Gasteiger partial charge in [0.1, 0.15) is 18.7 Å². The minimum atomic E-state index is 0.462. The molecule has 7 nitrogen and oxygen atoms in total. The summed E-state index contributed by atoms with van der Waals surface area (Å²) < 4.78 is 9.31. The van der Waals surface area contributed by atoms with Crippen LogP contribution in [0.15, 0.2) is 91.4 Å². The molecule has 33 heavy (non-hydrogen) atoms. The lowest BCUT2D eigenvalue weighted by Gasteiger charge is -2.06. The van der Waals surface area contributed by atoms with Gasteiger partial charge in [-0.1, -0.05) is 54.1 Å². The molecule has 6 rings (SSSR count). The molecular weight excluding hydrogens is 436 g/mol. The first kappa shape index (κ1) is 19.5. The average Bonchev–Trinajstić information content (AvgIpc) is 3.49. The third-order valence-electron chi connectivity index (χ3n) is 5.34. The van der Waals surface area contributed by atoms with Crippen molar-refractivity contribution in [1.29, 1.82) is 0 Å². The molecule has 0 aliphatic heterocycles. The standard InChI is InChI=1S/C25H17ClN6O/c26-19-10-12-21(13-11-19)33-15-17-6-8-18(9-7-17)23-29-25-22-14-28-32(20-4-2-1-3-5-20)24(22)27-16-31(25)30-23/h1-14,16H,15H2. The number of benzene rings is 3. The second-order valence-corrected chi connectivity index (χ2v) is 7.95. The first-order valence-corrected chi connectivity index (χ1v) is 10.7. The summed E-state index contributed by atoms with van der Waals surface area (Å²) in [5.74, 6) is 1.40. The van der Waals surface area contributed by atoms with Crippen molar-refractivity contribution in [2.45, 2.75) is 6.61 Å². The zero-order chi connectivity index (χ0) is 22.2. The molecule has 8 heteroatoms. The quantitative estimate of drug-likeness (QED) is 0.352. The predicted octanol–water partition coefficient (Wildman–Crippen LogP) is 5.36. The van der Waals surface area contributed by atoms with Gasteiger partial charge < -0.3 is 4.74 Å². The molecule has 3 aromatic heterocycles. The van der Waals surface area contributed by atoms with Crippen LogP contribution in [0.4, 0.5) is 0 Å². The van der Waals surface area contributed by atoms with E-state index in [2.05, 4.69) is 15.2 Å². The molecule has 0 saturated carbocycles. The minimum absolute atomic E-state index is 0.462. The highest BCUT2D eigenvalue weighted by atomic mass is 35.5. The van der Waals surface area contributed by atoms with E-state index in [1.807, 2.05) is 78.9 Å². The molecule has 0 radical (unpaired) electrons. The van der Waals surface area contributed by atoms with E-state index in [1.54, 1.807) is 21.7 Å². The third-order valence-corrected chi connectivity index (χ3v) is 5.59. The molecule has 0 bridgehead atoms. The highest BCUT2D eigenvalue weighted by Crippen LogP contribution is 2.23. The summed E-state index contributed by atoms with van der Waals surface area (Å²) in [6.07, 6.45) is 3.45. The van der Waals surface area contributed by atoms with E-state index >= 15 is 0 Å². The number of halogens is 1. The van der Waals surface area contributed by atoms with Crippen LogP contribution in [0.5, 0.6) is 5.75 Å². The van der Waals surface area contributed by atoms with Crippen molar-refractivity contribution >= 4 is 28.3 Å². The van der Waals surface area contributed by atoms with E-state index in [9.17, 15) is 0 Å². The second kappa shape index (κ2) is 8.03. The molecule has 0 aliphatic carbocycles. The second-order valence-electron chi connectivity index (χ2n) is 7.52. The molecule has 6 aromatic rings. The summed E-state index contributed by atoms with van der Waals surface area (Å²) in [7, 11) is 0. The van der Waals surface area contributed by atoms with Gasteiger partial charge in [0.05, 0.1) is 17.3 Å². The molecule has 0 fully saturated rings. The van der Waals surface area contributed by atoms with Crippen LogP contribution in [0, 0.1) is 0 Å². The Labute approximate surface area is 193 Å². The molecule has 0 saturated heterocycles. The Hall–Kier alpha value is -4.23. The smallest absolute Gasteiger partial charge is 0.182 e. The van der Waals surface area contributed by atoms with Gasteiger partial charge in [-0.2, -0.15) is 5.10 Å². The fraction of sp³-hybridized carbons (Fsp3) is 0.0400. The Bertz CT molecular complexity index is 1560. The fourth-order valence-corrected chi connectivity index (χ4v) is 3.77. The number of nitrogens with zero attached hydrogens (tertiary/aromatic N) is 6. The lowest BCUT2D eigenvalue weighted by molar-refractivity contribution is 0.306. The summed E-state index contributed by atoms with van der Waals surface area (Å²) in [5.41, 5.74) is 4.36. The van der Waals surface area contributed by atoms with Gasteiger partial charge in [0.15, 0.2) is 17.1 Å². The number of hydrogen-bond acceptors (Lipinski definition) is 5. The van der Waals surface area contributed by atoms with Gasteiger partial charge in [0.2, 0.25) is 0 Å². The molecule has 0 N–H and O–H groups in total. The molecular formula is C25H17ClN6O. The van der Waals surface area contributed by atoms with E-state index < -0.39 is 0 Å². The van der Waals surface area contributed by atoms with E-state index in [0.717, 1.165) is 33.6 Å². The lowest BCUT2D eigenvalue weighted by atomic mass is 10.1. The maximum atomic E-state index is 5.92. The van der Waals surface area contributed by atoms with Crippen molar-refractivity contribution in [1.82, 2.24) is 29.4 Å². The molecule has 3 heterocycles. The van der Waals surface area contributed by atoms with Crippen molar-refractivity contribution in [3.63, 3.8) is 0 Å². The van der Waals surface area contributed by atoms with Crippen LogP contribution in [-0.4, -0.2) is 29.4 Å². The van der Waals surface area contributed by atoms with Gasteiger partial charge in [0, 0.05) is 10.6 Å². The van der Waals surface area contributed by atoms with E-state index in [4.69, 9.17) is 21.3 Å². The van der Waals surface area contributed by atoms with Crippen LogP contribution in [-0.2, 0) is 6.61 Å². The van der Waals surface area contributed by atoms with Crippen LogP contribution >= 0.6 is 11.6 Å². The number of hydrogen-bond donors (Lipinski definition) is 0. The van der Waals surface area contributed by atoms with Gasteiger partial charge in [-0.3, -0.25) is 0 Å². The average molecular weight is 453 g/mol. The van der Waals surface area contributed by atoms with Crippen LogP contribution in [0.1, 0.15) is 5.56 Å². The number of ether oxygens (including phenoxy) is 1. The normalized spacial score (nSPS) is 11.3. The maximum absolute atomic E-state index is 5.92. The van der Waals surface area contributed by atoms with Crippen molar-refractivity contribution in [3.8, 4) is 22.8 Å². The van der Waals surface area contributed by atoms with Gasteiger partial charge in [0.25, 0.3) is 0 Å². The van der Waals surface area contributed by atoms with Gasteiger partial charge in [-0.25, -0.2) is 19.2 Å². The highest BCUT2D eigenvalue weighted by molar-refractivity contribution is 6.30. The summed E-state index contributed by atoms with van der Waals surface area (Å²) in [6.45, 7) is 0.462. The fourth-order valence-electron chi connectivity index (χ4n) is 3.65. The first-order valence-electron chi connectivity index (χ1n) is 10.4. The maximum Gasteiger partial charge on any atom is 0.182 e. The Balaban J connectivity index is 1.27. The van der Waals surface area contributed by atoms with E-state index in [0.29, 0.717) is 23.1 Å². The summed E-state index contributed by atoms with van der Waals surface area (Å²) in [4.78, 5) is 9.33. The lowest BCUT2D eigenvalue weighted by Crippen LogP contribution is -1.98. The Kier molecular flexibility index (Phi) is 4.74. The van der Waals surface area contributed by atoms with E-state index in [-0.39, 0.29) is 0 Å². The zero-order valence-electron chi connectivity index (χ0n) is 17.3. The zero-order valence-corrected chi connectivity index (χ0v) is 18.1. The first-order chi connectivity index (χ1) is 16.2. The monoisotopic (exact) mass is 452 g/mol. The Morgan fingerprint density at radius 3 is 2.42 bits per heavy atom. The van der Waals surface area contributed by atoms with Gasteiger partial charge >= 0.3 is 0 Å². The third kappa shape index (κ3) is 3.68. The number of fused-ring (bicyclic) bond motifs is 3. The Morgan fingerprint density at radius 1 is 0.848 bits per heavy atom. The van der Waals surface area contributed by atoms with Crippen molar-refractivity contribution in [2.75, 3.05) is 0 Å². The van der Waals surface area contributed by atoms with Crippen LogP contribution in [0.2, 0.25) is 5.02 Å². The molecule has 3 aromatic carbocycles. The molecule has 0 aliphatic rings. The molecule has 0 amide bonds. The molecule has 160 valence electrons. The van der Waals surface area contributed by atoms with Gasteiger partial charge in [-0.05, 0) is 42.0 Å². The number of rotatable bonds is 5. The number of para-hydroxylation sites is 1. The summed E-state index contributed by atoms with van der Waals surface area (Å²) in [6, 6.07) is 25.2. The van der Waals surface area contributed by atoms with Crippen molar-refractivity contribution in [2.24, 2.45) is 0 Å². The van der Waals surface area contributed by atoms with Crippen LogP contribution < -0.4 is 4.74 Å². The van der Waals surface area contributed by atoms with Gasteiger partial charge in [-0.15, -0.1) is 5.10 Å². The highest BCUT2D eigenvalue weighted by Gasteiger charge is 2.14. The van der Waals surface area contributed by atoms with Crippen LogP contribution in [0.25, 0.3) is 33.8 Å². The summed E-state index contributed by atoms with van der Waals surface area (Å²) in [5, 5.41) is 10.6. The molecule has 0 atom stereocenters. The number of aromatic nitrogens is 6. The minimum Gasteiger partial charge on any atom is -0.489 e. The Morgan fingerprint density at radius 2 is 1.64 bits per heavy atom. The topological polar surface area (TPSA) is 70.1 Å². The van der Waals surface area contributed by atoms with Crippen molar-refractivity contribution < 1.29 is 4.74 Å². The molecule has 0 unspecified atom stereocenters. The molecule has 0 spiro atoms. The van der Waals surface area contributed by atoms with E-state index in [1.165, 1.54) is 0 Å². The van der Waals surface area contributed by atoms with Crippen LogP contribution in [0.3, 0.4) is 0 Å². The predicted molar refractivity (Wildman–Crippen MR) is 127 cm³/mol. The SMILES string of the molecule is Clc1ccc(OCc2ccc(-c3nc4c5cnn(-c6ccccc6)c5ncn4n3)cc2)cc1. The largest absolute Gasteiger partial charge is 0.489 e. The summed E-state index contributed by atoms with van der Waals surface area (Å²) >= 11 is 5.92. The van der Waals surface area contributed by atoms with Crippen molar-refractivity contribution in [3.05, 3.63) is 102 Å².